The summed E-state index contributed by atoms with van der Waals surface area (Å²) in [5.74, 6) is -0.774. The lowest BCUT2D eigenvalue weighted by Gasteiger charge is -2.32. The molecule has 1 fully saturated rings. The number of halogens is 2. The van der Waals surface area contributed by atoms with Crippen LogP contribution in [0.25, 0.3) is 11.3 Å². The molecule has 0 spiro atoms. The van der Waals surface area contributed by atoms with E-state index in [2.05, 4.69) is 0 Å². The quantitative estimate of drug-likeness (QED) is 0.917. The highest BCUT2D eigenvalue weighted by molar-refractivity contribution is 5.63. The van der Waals surface area contributed by atoms with Crippen molar-refractivity contribution in [3.63, 3.8) is 0 Å². The number of hydrogen-bond donors (Lipinski definition) is 1. The number of anilines is 1. The summed E-state index contributed by atoms with van der Waals surface area (Å²) in [6.07, 6.45) is 2.14. The van der Waals surface area contributed by atoms with Crippen molar-refractivity contribution in [3.05, 3.63) is 42.2 Å². The first-order chi connectivity index (χ1) is 9.65. The molecular weight excluding hydrogens is 264 g/mol. The Kier molecular flexibility index (Phi) is 3.44. The van der Waals surface area contributed by atoms with E-state index in [0.717, 1.165) is 0 Å². The zero-order valence-electron chi connectivity index (χ0n) is 10.9. The third-order valence-electron chi connectivity index (χ3n) is 3.60. The van der Waals surface area contributed by atoms with Crippen molar-refractivity contribution in [2.45, 2.75) is 18.9 Å². The smallest absolute Gasteiger partial charge is 0.150 e. The molecule has 0 aliphatic carbocycles. The molecule has 2 heterocycles. The molecule has 0 unspecified atom stereocenters. The molecule has 0 bridgehead atoms. The molecule has 1 aliphatic heterocycles. The van der Waals surface area contributed by atoms with Crippen LogP contribution in [0.15, 0.2) is 34.9 Å². The number of hydrogen-bond acceptors (Lipinski definition) is 3. The fraction of sp³-hybridized carbons (Fsp3) is 0.333. The predicted octanol–water partition coefficient (Wildman–Crippen LogP) is 3.19. The van der Waals surface area contributed by atoms with E-state index < -0.39 is 11.6 Å². The monoisotopic (exact) mass is 279 g/mol. The molecule has 20 heavy (non-hydrogen) atoms. The van der Waals surface area contributed by atoms with Crippen molar-refractivity contribution in [1.29, 1.82) is 0 Å². The molecule has 5 heteroatoms. The lowest BCUT2D eigenvalue weighted by atomic mass is 10.1. The molecule has 106 valence electrons. The molecule has 2 aromatic rings. The zero-order valence-corrected chi connectivity index (χ0v) is 10.9. The maximum atomic E-state index is 14.2. The van der Waals surface area contributed by atoms with E-state index in [1.807, 2.05) is 0 Å². The van der Waals surface area contributed by atoms with Crippen LogP contribution in [0.3, 0.4) is 0 Å². The van der Waals surface area contributed by atoms with Gasteiger partial charge < -0.3 is 14.4 Å². The highest BCUT2D eigenvalue weighted by Crippen LogP contribution is 2.31. The number of aliphatic hydroxyl groups excluding tert-OH is 1. The highest BCUT2D eigenvalue weighted by Gasteiger charge is 2.23. The Labute approximate surface area is 115 Å². The minimum absolute atomic E-state index is 0.0211. The van der Waals surface area contributed by atoms with E-state index in [9.17, 15) is 13.9 Å². The van der Waals surface area contributed by atoms with E-state index in [1.165, 1.54) is 18.4 Å². The molecule has 0 radical (unpaired) electrons. The molecular formula is C15H15F2NO2. The van der Waals surface area contributed by atoms with E-state index >= 15 is 0 Å². The molecule has 3 rings (SSSR count). The third-order valence-corrected chi connectivity index (χ3v) is 3.60. The molecule has 3 nitrogen and oxygen atoms in total. The van der Waals surface area contributed by atoms with Gasteiger partial charge in [0.2, 0.25) is 0 Å². The first-order valence-corrected chi connectivity index (χ1v) is 6.61. The van der Waals surface area contributed by atoms with Gasteiger partial charge in [0.05, 0.1) is 12.4 Å². The molecule has 1 N–H and O–H groups in total. The second-order valence-electron chi connectivity index (χ2n) is 4.98. The summed E-state index contributed by atoms with van der Waals surface area (Å²) in [4.78, 5) is 1.64. The average Bonchev–Trinajstić information content (AvgIpc) is 2.94. The summed E-state index contributed by atoms with van der Waals surface area (Å²) in [6.45, 7) is 0.907. The van der Waals surface area contributed by atoms with Gasteiger partial charge in [-0.3, -0.25) is 0 Å². The van der Waals surface area contributed by atoms with Crippen molar-refractivity contribution in [1.82, 2.24) is 0 Å². The number of aliphatic hydroxyl groups is 1. The third kappa shape index (κ3) is 2.41. The number of benzene rings is 1. The molecule has 0 saturated carbocycles. The summed E-state index contributed by atoms with van der Waals surface area (Å²) in [5.41, 5.74) is 0.359. The summed E-state index contributed by atoms with van der Waals surface area (Å²) in [6, 6.07) is 5.89. The van der Waals surface area contributed by atoms with Crippen LogP contribution >= 0.6 is 0 Å². The lowest BCUT2D eigenvalue weighted by molar-refractivity contribution is 0.145. The van der Waals surface area contributed by atoms with Gasteiger partial charge in [0.25, 0.3) is 0 Å². The maximum absolute atomic E-state index is 14.2. The zero-order chi connectivity index (χ0) is 14.1. The van der Waals surface area contributed by atoms with Crippen LogP contribution < -0.4 is 4.90 Å². The number of nitrogens with zero attached hydrogens (tertiary/aromatic N) is 1. The van der Waals surface area contributed by atoms with Crippen LogP contribution in [0.2, 0.25) is 0 Å². The van der Waals surface area contributed by atoms with Gasteiger partial charge in [-0.2, -0.15) is 0 Å². The van der Waals surface area contributed by atoms with Crippen LogP contribution in [-0.2, 0) is 0 Å². The first-order valence-electron chi connectivity index (χ1n) is 6.61. The van der Waals surface area contributed by atoms with Crippen molar-refractivity contribution < 1.29 is 18.3 Å². The van der Waals surface area contributed by atoms with Gasteiger partial charge in [0.15, 0.2) is 0 Å². The first kappa shape index (κ1) is 13.1. The fourth-order valence-electron chi connectivity index (χ4n) is 2.54. The van der Waals surface area contributed by atoms with Crippen molar-refractivity contribution >= 4 is 5.69 Å². The Bertz CT molecular complexity index is 567. The molecule has 1 aliphatic rings. The summed E-state index contributed by atoms with van der Waals surface area (Å²) < 4.78 is 33.5. The average molecular weight is 279 g/mol. The second-order valence-corrected chi connectivity index (χ2v) is 4.98. The van der Waals surface area contributed by atoms with Gasteiger partial charge in [-0.1, -0.05) is 0 Å². The van der Waals surface area contributed by atoms with Crippen LogP contribution in [0.5, 0.6) is 0 Å². The Balaban J connectivity index is 1.93. The fourth-order valence-corrected chi connectivity index (χ4v) is 2.54. The highest BCUT2D eigenvalue weighted by atomic mass is 19.1. The Morgan fingerprint density at radius 1 is 1.15 bits per heavy atom. The lowest BCUT2D eigenvalue weighted by Crippen LogP contribution is -2.36. The van der Waals surface area contributed by atoms with Crippen LogP contribution in [0.1, 0.15) is 12.8 Å². The minimum Gasteiger partial charge on any atom is -0.464 e. The standard InChI is InChI=1S/C15H15F2NO2/c16-12-8-10(14-2-1-7-20-14)9-13(17)15(12)18-5-3-11(19)4-6-18/h1-2,7-9,11,19H,3-6H2. The van der Waals surface area contributed by atoms with E-state index in [0.29, 0.717) is 37.3 Å². The summed E-state index contributed by atoms with van der Waals surface area (Å²) >= 11 is 0. The van der Waals surface area contributed by atoms with Gasteiger partial charge >= 0.3 is 0 Å². The van der Waals surface area contributed by atoms with Crippen LogP contribution in [0.4, 0.5) is 14.5 Å². The molecule has 0 amide bonds. The predicted molar refractivity (Wildman–Crippen MR) is 71.5 cm³/mol. The summed E-state index contributed by atoms with van der Waals surface area (Å²) in [5, 5.41) is 9.46. The molecule has 1 aromatic heterocycles. The topological polar surface area (TPSA) is 36.6 Å². The van der Waals surface area contributed by atoms with Crippen LogP contribution in [-0.4, -0.2) is 24.3 Å². The maximum Gasteiger partial charge on any atom is 0.150 e. The SMILES string of the molecule is OC1CCN(c2c(F)cc(-c3ccco3)cc2F)CC1. The number of piperidine rings is 1. The van der Waals surface area contributed by atoms with Crippen molar-refractivity contribution in [2.24, 2.45) is 0 Å². The second kappa shape index (κ2) is 5.25. The normalized spacial score (nSPS) is 16.6. The Morgan fingerprint density at radius 2 is 1.80 bits per heavy atom. The summed E-state index contributed by atoms with van der Waals surface area (Å²) in [7, 11) is 0. The number of furan rings is 1. The van der Waals surface area contributed by atoms with Gasteiger partial charge in [0, 0.05) is 18.7 Å². The molecule has 1 aromatic carbocycles. The van der Waals surface area contributed by atoms with E-state index in [1.54, 1.807) is 17.0 Å². The van der Waals surface area contributed by atoms with Gasteiger partial charge in [0.1, 0.15) is 23.1 Å². The molecule has 0 atom stereocenters. The van der Waals surface area contributed by atoms with Crippen molar-refractivity contribution in [3.8, 4) is 11.3 Å². The van der Waals surface area contributed by atoms with Gasteiger partial charge in [-0.15, -0.1) is 0 Å². The van der Waals surface area contributed by atoms with E-state index in [-0.39, 0.29) is 11.8 Å². The molecule has 1 saturated heterocycles. The Hall–Kier alpha value is -1.88. The largest absolute Gasteiger partial charge is 0.464 e. The minimum atomic E-state index is -0.604. The number of rotatable bonds is 2. The van der Waals surface area contributed by atoms with Gasteiger partial charge in [-0.25, -0.2) is 8.78 Å². The van der Waals surface area contributed by atoms with Crippen LogP contribution in [0, 0.1) is 11.6 Å². The van der Waals surface area contributed by atoms with E-state index in [4.69, 9.17) is 4.42 Å². The van der Waals surface area contributed by atoms with Crippen molar-refractivity contribution in [2.75, 3.05) is 18.0 Å². The Morgan fingerprint density at radius 3 is 2.35 bits per heavy atom. The van der Waals surface area contributed by atoms with Gasteiger partial charge in [-0.05, 0) is 37.1 Å².